The number of allylic oxidation sites excluding steroid dienone is 2. The van der Waals surface area contributed by atoms with Crippen molar-refractivity contribution >= 4 is 40.5 Å². The van der Waals surface area contributed by atoms with E-state index < -0.39 is 17.8 Å². The van der Waals surface area contributed by atoms with E-state index in [-0.39, 0.29) is 31.9 Å². The lowest BCUT2D eigenvalue weighted by Gasteiger charge is -2.29. The van der Waals surface area contributed by atoms with Gasteiger partial charge in [-0.25, -0.2) is 9.78 Å². The average Bonchev–Trinajstić information content (AvgIpc) is 3.59. The summed E-state index contributed by atoms with van der Waals surface area (Å²) in [4.78, 5) is 52.2. The van der Waals surface area contributed by atoms with Crippen LogP contribution in [-0.4, -0.2) is 55.3 Å². The van der Waals surface area contributed by atoms with Crippen LogP contribution in [0.5, 0.6) is 0 Å². The Bertz CT molecular complexity index is 1030. The number of aldehydes is 1. The Hall–Kier alpha value is -3.31. The summed E-state index contributed by atoms with van der Waals surface area (Å²) in [7, 11) is 1.16. The molecule has 2 fully saturated rings. The van der Waals surface area contributed by atoms with Crippen LogP contribution in [0.4, 0.5) is 5.13 Å². The quantitative estimate of drug-likeness (QED) is 0.224. The highest BCUT2D eigenvalue weighted by molar-refractivity contribution is 7.13. The molecule has 1 atom stereocenters. The molecular formula is C26H39N5O5S. The van der Waals surface area contributed by atoms with Gasteiger partial charge in [-0.3, -0.25) is 9.59 Å². The highest BCUT2D eigenvalue weighted by Crippen LogP contribution is 2.27. The number of anilines is 1. The second-order valence-corrected chi connectivity index (χ2v) is 9.49. The summed E-state index contributed by atoms with van der Waals surface area (Å²) in [5.74, 6) is -1.92. The number of aromatic nitrogens is 1. The third kappa shape index (κ3) is 10.3. The highest BCUT2D eigenvalue weighted by Gasteiger charge is 2.21. The second-order valence-electron chi connectivity index (χ2n) is 8.66. The molecule has 10 nitrogen and oxygen atoms in total. The van der Waals surface area contributed by atoms with E-state index in [0.29, 0.717) is 0 Å². The zero-order valence-corrected chi connectivity index (χ0v) is 22.0. The van der Waals surface area contributed by atoms with Crippen molar-refractivity contribution in [2.75, 3.05) is 25.1 Å². The number of rotatable bonds is 11. The Labute approximate surface area is 225 Å². The van der Waals surface area contributed by atoms with Crippen LogP contribution in [0.2, 0.25) is 0 Å². The maximum absolute atomic E-state index is 12.2. The maximum atomic E-state index is 12.2. The van der Waals surface area contributed by atoms with Crippen molar-refractivity contribution in [1.29, 1.82) is 0 Å². The summed E-state index contributed by atoms with van der Waals surface area (Å²) in [6, 6.07) is 0.204. The summed E-state index contributed by atoms with van der Waals surface area (Å²) in [5, 5.41) is 6.88. The third-order valence-electron chi connectivity index (χ3n) is 5.66. The molecule has 11 heteroatoms. The average molecular weight is 534 g/mol. The number of nitrogens with two attached hydrogens (primary N) is 1. The van der Waals surface area contributed by atoms with Crippen LogP contribution in [0.1, 0.15) is 51.9 Å². The molecular weight excluding hydrogens is 494 g/mol. The zero-order chi connectivity index (χ0) is 27.4. The lowest BCUT2D eigenvalue weighted by Crippen LogP contribution is -2.39. The molecule has 2 aliphatic rings. The Morgan fingerprint density at radius 2 is 1.97 bits per heavy atom. The molecule has 0 spiro atoms. The van der Waals surface area contributed by atoms with Crippen LogP contribution in [0, 0.1) is 19.3 Å². The van der Waals surface area contributed by atoms with Crippen LogP contribution in [0.25, 0.3) is 0 Å². The smallest absolute Gasteiger partial charge is 0.353 e. The summed E-state index contributed by atoms with van der Waals surface area (Å²) in [6.45, 7) is 12.2. The number of nitrogens with zero attached hydrogens (tertiary/aromatic N) is 2. The lowest BCUT2D eigenvalue weighted by atomic mass is 10.0. The van der Waals surface area contributed by atoms with Crippen LogP contribution in [0.3, 0.4) is 0 Å². The lowest BCUT2D eigenvalue weighted by molar-refractivity contribution is -0.137. The van der Waals surface area contributed by atoms with Gasteiger partial charge in [0.05, 0.1) is 12.8 Å². The number of esters is 1. The van der Waals surface area contributed by atoms with Gasteiger partial charge < -0.3 is 30.8 Å². The van der Waals surface area contributed by atoms with E-state index in [0.717, 1.165) is 70.1 Å². The van der Waals surface area contributed by atoms with Gasteiger partial charge >= 0.3 is 5.97 Å². The topological polar surface area (TPSA) is 144 Å². The maximum Gasteiger partial charge on any atom is 0.353 e. The largest absolute Gasteiger partial charge is 0.464 e. The van der Waals surface area contributed by atoms with Gasteiger partial charge in [0.25, 0.3) is 11.8 Å². The normalized spacial score (nSPS) is 16.6. The molecule has 1 aromatic rings. The molecule has 4 N–H and O–H groups in total. The summed E-state index contributed by atoms with van der Waals surface area (Å²) >= 11 is 1.35. The van der Waals surface area contributed by atoms with E-state index in [1.54, 1.807) is 5.38 Å². The number of thiazole rings is 1. The van der Waals surface area contributed by atoms with Crippen LogP contribution in [0.15, 0.2) is 41.6 Å². The summed E-state index contributed by atoms with van der Waals surface area (Å²) in [6.07, 6.45) is 11.0. The Balaban J connectivity index is 0.000000939. The molecule has 1 aliphatic heterocycles. The predicted molar refractivity (Wildman–Crippen MR) is 147 cm³/mol. The number of methoxy groups -OCH3 is 1. The number of amides is 2. The monoisotopic (exact) mass is 533 g/mol. The van der Waals surface area contributed by atoms with Gasteiger partial charge in [0.15, 0.2) is 5.13 Å². The van der Waals surface area contributed by atoms with Gasteiger partial charge in [-0.05, 0) is 38.5 Å². The van der Waals surface area contributed by atoms with Gasteiger partial charge in [-0.15, -0.1) is 11.3 Å². The van der Waals surface area contributed by atoms with Gasteiger partial charge in [0, 0.05) is 33.3 Å². The van der Waals surface area contributed by atoms with Crippen LogP contribution < -0.4 is 21.3 Å². The molecule has 1 aliphatic carbocycles. The van der Waals surface area contributed by atoms with Gasteiger partial charge in [0.2, 0.25) is 0 Å². The first-order chi connectivity index (χ1) is 17.7. The van der Waals surface area contributed by atoms with Crippen LogP contribution >= 0.6 is 11.3 Å². The fourth-order valence-corrected chi connectivity index (χ4v) is 4.14. The number of hydrogen-bond acceptors (Lipinski definition) is 9. The molecule has 1 saturated carbocycles. The minimum atomic E-state index is -0.789. The van der Waals surface area contributed by atoms with Crippen molar-refractivity contribution < 1.29 is 26.8 Å². The fraction of sp³-hybridized carbons (Fsp3) is 0.423. The molecule has 1 saturated heterocycles. The minimum Gasteiger partial charge on any atom is -0.464 e. The van der Waals surface area contributed by atoms with Gasteiger partial charge in [-0.2, -0.15) is 0 Å². The minimum absolute atomic E-state index is 0. The third-order valence-corrected chi connectivity index (χ3v) is 6.56. The number of carbonyl (C=O) groups is 4. The fourth-order valence-electron chi connectivity index (χ4n) is 3.28. The molecule has 0 bridgehead atoms. The number of carbonyl (C=O) groups excluding carboxylic acids is 4. The molecule has 204 valence electrons. The van der Waals surface area contributed by atoms with Crippen molar-refractivity contribution in [3.8, 4) is 0 Å². The Kier molecular flexibility index (Phi) is 12.2. The summed E-state index contributed by atoms with van der Waals surface area (Å²) in [5.41, 5.74) is 6.97. The molecule has 0 aromatic carbocycles. The predicted octanol–water partition coefficient (Wildman–Crippen LogP) is 2.95. The SMILES string of the molecule is C=C(NC(=O)c1csc(N2CCC(N)CC2)n1)C(=O)NC(=C)C(=O)OC.[CH2]CCC(C=O)CC=C1[CH]C1.[HH].[HH]. The second kappa shape index (κ2) is 15.1. The van der Waals surface area contributed by atoms with E-state index in [1.165, 1.54) is 16.9 Å². The molecule has 1 aromatic heterocycles. The number of ether oxygens (including phenoxy) is 1. The number of piperidine rings is 1. The van der Waals surface area contributed by atoms with Gasteiger partial charge in [-0.1, -0.05) is 38.2 Å². The van der Waals surface area contributed by atoms with E-state index in [9.17, 15) is 19.2 Å². The molecule has 2 radical (unpaired) electrons. The molecule has 37 heavy (non-hydrogen) atoms. The standard InChI is InChI=1S/C16H21N5O4S.C10H14O.2H2/c1-9(13(22)19-10(2)15(24)25-3)18-14(23)12-8-26-16(20-12)21-6-4-11(17)5-7-21;1-2-3-10(8-11)7-6-9-4-5-9;;/h8,11H,1-2,4-7,17H2,3H3,(H,18,23)(H,19,22);4,6,8,10H,1-3,5,7H2;2*1H. The van der Waals surface area contributed by atoms with Crippen LogP contribution in [-0.2, 0) is 19.1 Å². The molecule has 2 amide bonds. The Morgan fingerprint density at radius 1 is 1.30 bits per heavy atom. The Morgan fingerprint density at radius 3 is 2.54 bits per heavy atom. The summed E-state index contributed by atoms with van der Waals surface area (Å²) < 4.78 is 4.42. The first-order valence-corrected chi connectivity index (χ1v) is 12.9. The zero-order valence-electron chi connectivity index (χ0n) is 21.2. The number of hydrogen-bond donors (Lipinski definition) is 3. The molecule has 2 heterocycles. The van der Waals surface area contributed by atoms with Crippen molar-refractivity contribution in [1.82, 2.24) is 15.6 Å². The van der Waals surface area contributed by atoms with E-state index in [4.69, 9.17) is 5.73 Å². The van der Waals surface area contributed by atoms with E-state index in [2.05, 4.69) is 57.8 Å². The molecule has 3 rings (SSSR count). The first kappa shape index (κ1) is 29.9. The number of nitrogens with one attached hydrogen (secondary N) is 2. The highest BCUT2D eigenvalue weighted by atomic mass is 32.1. The van der Waals surface area contributed by atoms with Crippen molar-refractivity contribution in [2.24, 2.45) is 11.7 Å². The van der Waals surface area contributed by atoms with E-state index in [1.807, 2.05) is 0 Å². The van der Waals surface area contributed by atoms with Gasteiger partial charge in [0.1, 0.15) is 17.7 Å². The van der Waals surface area contributed by atoms with Crippen molar-refractivity contribution in [3.63, 3.8) is 0 Å². The first-order valence-electron chi connectivity index (χ1n) is 12.0. The van der Waals surface area contributed by atoms with Crippen molar-refractivity contribution in [3.05, 3.63) is 60.6 Å². The molecule has 1 unspecified atom stereocenters. The van der Waals surface area contributed by atoms with E-state index >= 15 is 0 Å². The van der Waals surface area contributed by atoms with Crippen molar-refractivity contribution in [2.45, 2.75) is 44.6 Å².